The van der Waals surface area contributed by atoms with Gasteiger partial charge in [0.1, 0.15) is 0 Å². The Labute approximate surface area is 160 Å². The Morgan fingerprint density at radius 1 is 0.677 bits per heavy atom. The summed E-state index contributed by atoms with van der Waals surface area (Å²) in [5.41, 5.74) is 0. The molecule has 0 saturated heterocycles. The van der Waals surface area contributed by atoms with Gasteiger partial charge in [-0.25, -0.2) is 4.79 Å². The van der Waals surface area contributed by atoms with E-state index in [2.05, 4.69) is 11.3 Å². The van der Waals surface area contributed by atoms with E-state index in [1.54, 1.807) is 0 Å². The van der Waals surface area contributed by atoms with Crippen molar-refractivity contribution in [3.63, 3.8) is 0 Å². The fourth-order valence-corrected chi connectivity index (χ4v) is 1.22. The van der Waals surface area contributed by atoms with Crippen LogP contribution in [0.15, 0.2) is 12.8 Å². The van der Waals surface area contributed by atoms with Crippen LogP contribution in [0.3, 0.4) is 0 Å². The van der Waals surface area contributed by atoms with Crippen LogP contribution >= 0.6 is 0 Å². The first-order valence-electron chi connectivity index (χ1n) is 6.56. The summed E-state index contributed by atoms with van der Waals surface area (Å²) in [6, 6.07) is 0. The van der Waals surface area contributed by atoms with Crippen LogP contribution in [0.2, 0.25) is 0 Å². The summed E-state index contributed by atoms with van der Waals surface area (Å²) in [5.74, 6) is -53.1. The van der Waals surface area contributed by atoms with Crippen molar-refractivity contribution >= 4 is 11.9 Å². The first-order valence-corrected chi connectivity index (χ1v) is 6.56. The second-order valence-electron chi connectivity index (χ2n) is 5.03. The lowest BCUT2D eigenvalue weighted by atomic mass is 9.91. The highest BCUT2D eigenvalue weighted by Crippen LogP contribution is 2.62. The largest absolute Gasteiger partial charge is 0.477 e. The first kappa shape index (κ1) is 30.8. The molecule has 0 aromatic heterocycles. The lowest BCUT2D eigenvalue weighted by Crippen LogP contribution is -2.73. The van der Waals surface area contributed by atoms with E-state index in [1.165, 1.54) is 6.92 Å². The SMILES string of the molecule is C=COC(C)=O.O=C(O)C(F)(F)C(F)(F)C(F)(F)C(F)(F)C(F)(F)C(F)(F)C(F)(F)F. The molecule has 0 amide bonds. The van der Waals surface area contributed by atoms with Crippen LogP contribution in [-0.2, 0) is 14.3 Å². The van der Waals surface area contributed by atoms with Gasteiger partial charge in [0.2, 0.25) is 0 Å². The van der Waals surface area contributed by atoms with E-state index in [4.69, 9.17) is 5.11 Å². The molecule has 0 heterocycles. The molecule has 1 N–H and O–H groups in total. The molecule has 0 saturated carbocycles. The number of halogens is 15. The van der Waals surface area contributed by atoms with Gasteiger partial charge in [-0.05, 0) is 0 Å². The first-order chi connectivity index (χ1) is 13.2. The highest BCUT2D eigenvalue weighted by Gasteiger charge is 2.94. The minimum Gasteiger partial charge on any atom is -0.477 e. The Balaban J connectivity index is 0. The fraction of sp³-hybridized carbons (Fsp3) is 0.667. The lowest BCUT2D eigenvalue weighted by molar-refractivity contribution is -0.450. The minimum atomic E-state index is -8.47. The third kappa shape index (κ3) is 4.94. The van der Waals surface area contributed by atoms with E-state index in [0.29, 0.717) is 0 Å². The van der Waals surface area contributed by atoms with Crippen LogP contribution in [0, 0.1) is 0 Å². The van der Waals surface area contributed by atoms with Crippen molar-refractivity contribution in [1.82, 2.24) is 0 Å². The molecule has 0 aliphatic heterocycles. The summed E-state index contributed by atoms with van der Waals surface area (Å²) >= 11 is 0. The van der Waals surface area contributed by atoms with E-state index in [0.717, 1.165) is 6.26 Å². The Kier molecular flexibility index (Phi) is 8.59. The zero-order chi connectivity index (χ0) is 26.1. The van der Waals surface area contributed by atoms with Crippen molar-refractivity contribution in [2.45, 2.75) is 48.6 Å². The third-order valence-electron chi connectivity index (χ3n) is 2.85. The number of carbonyl (C=O) groups is 2. The monoisotopic (exact) mass is 500 g/mol. The number of rotatable bonds is 7. The summed E-state index contributed by atoms with van der Waals surface area (Å²) in [6.45, 7) is 4.48. The molecular formula is C12H7F15O4. The summed E-state index contributed by atoms with van der Waals surface area (Å²) in [6.07, 6.45) is -6.59. The normalized spacial score (nSPS) is 14.3. The molecule has 0 aromatic rings. The van der Waals surface area contributed by atoms with Gasteiger partial charge in [-0.2, -0.15) is 65.9 Å². The summed E-state index contributed by atoms with van der Waals surface area (Å²) in [5, 5.41) is 7.57. The molecule has 0 spiro atoms. The average molecular weight is 500 g/mol. The maximum Gasteiger partial charge on any atom is 0.460 e. The van der Waals surface area contributed by atoms with Gasteiger partial charge in [-0.3, -0.25) is 4.79 Å². The molecule has 0 unspecified atom stereocenters. The smallest absolute Gasteiger partial charge is 0.460 e. The molecule has 4 nitrogen and oxygen atoms in total. The third-order valence-corrected chi connectivity index (χ3v) is 2.85. The minimum absolute atomic E-state index is 0.329. The standard InChI is InChI=1S/C8HF15O2.C4H6O2/c9-2(10,1(24)25)3(11,12)4(13,14)5(15,16)6(17,18)7(19,20)8(21,22)23;1-3-6-4(2)5/h(H,24,25);3H,1H2,2H3. The molecule has 0 radical (unpaired) electrons. The number of esters is 1. The fourth-order valence-electron chi connectivity index (χ4n) is 1.22. The number of hydrogen-bond donors (Lipinski definition) is 1. The Morgan fingerprint density at radius 3 is 1.16 bits per heavy atom. The van der Waals surface area contributed by atoms with Crippen LogP contribution in [0.4, 0.5) is 65.9 Å². The molecule has 0 fully saturated rings. The van der Waals surface area contributed by atoms with Gasteiger partial charge in [-0.1, -0.05) is 6.58 Å². The van der Waals surface area contributed by atoms with E-state index in [9.17, 15) is 75.4 Å². The second kappa shape index (κ2) is 8.64. The zero-order valence-corrected chi connectivity index (χ0v) is 14.1. The van der Waals surface area contributed by atoms with Crippen LogP contribution in [0.5, 0.6) is 0 Å². The van der Waals surface area contributed by atoms with Crippen LogP contribution in [-0.4, -0.2) is 58.8 Å². The number of carboxylic acids is 1. The summed E-state index contributed by atoms with van der Waals surface area (Å²) in [4.78, 5) is 19.5. The maximum absolute atomic E-state index is 12.8. The van der Waals surface area contributed by atoms with Gasteiger partial charge in [-0.15, -0.1) is 0 Å². The van der Waals surface area contributed by atoms with Crippen molar-refractivity contribution in [3.8, 4) is 0 Å². The van der Waals surface area contributed by atoms with Crippen molar-refractivity contribution in [3.05, 3.63) is 12.8 Å². The Hall–Kier alpha value is -2.37. The number of alkyl halides is 15. The zero-order valence-electron chi connectivity index (χ0n) is 14.1. The van der Waals surface area contributed by atoms with Crippen molar-refractivity contribution in [1.29, 1.82) is 0 Å². The second-order valence-corrected chi connectivity index (χ2v) is 5.03. The van der Waals surface area contributed by atoms with Gasteiger partial charge in [0.25, 0.3) is 0 Å². The van der Waals surface area contributed by atoms with Gasteiger partial charge < -0.3 is 9.84 Å². The lowest BCUT2D eigenvalue weighted by Gasteiger charge is -2.40. The van der Waals surface area contributed by atoms with E-state index in [1.807, 2.05) is 0 Å². The van der Waals surface area contributed by atoms with Crippen LogP contribution < -0.4 is 0 Å². The molecule has 0 atom stereocenters. The molecule has 184 valence electrons. The topological polar surface area (TPSA) is 63.6 Å². The molecule has 31 heavy (non-hydrogen) atoms. The predicted octanol–water partition coefficient (Wildman–Crippen LogP) is 5.14. The van der Waals surface area contributed by atoms with Gasteiger partial charge in [0.15, 0.2) is 0 Å². The van der Waals surface area contributed by atoms with E-state index >= 15 is 0 Å². The number of carbonyl (C=O) groups excluding carboxylic acids is 1. The van der Waals surface area contributed by atoms with Gasteiger partial charge in [0.05, 0.1) is 6.26 Å². The molecule has 0 aliphatic rings. The van der Waals surface area contributed by atoms with Crippen molar-refractivity contribution in [2.24, 2.45) is 0 Å². The van der Waals surface area contributed by atoms with E-state index in [-0.39, 0.29) is 5.97 Å². The quantitative estimate of drug-likeness (QED) is 0.299. The molecule has 0 rings (SSSR count). The highest BCUT2D eigenvalue weighted by molar-refractivity contribution is 5.77. The van der Waals surface area contributed by atoms with Crippen LogP contribution in [0.25, 0.3) is 0 Å². The highest BCUT2D eigenvalue weighted by atomic mass is 19.4. The number of aliphatic carboxylic acids is 1. The Bertz CT molecular complexity index is 680. The molecule has 19 heteroatoms. The summed E-state index contributed by atoms with van der Waals surface area (Å²) in [7, 11) is 0. The predicted molar refractivity (Wildman–Crippen MR) is 65.3 cm³/mol. The number of carboxylic acid groups (broad SMARTS) is 1. The molecule has 0 aliphatic carbocycles. The number of ether oxygens (including phenoxy) is 1. The maximum atomic E-state index is 12.8. The van der Waals surface area contributed by atoms with Gasteiger partial charge in [0, 0.05) is 6.92 Å². The molecule has 0 aromatic carbocycles. The van der Waals surface area contributed by atoms with Crippen molar-refractivity contribution < 1.29 is 85.3 Å². The molecular weight excluding hydrogens is 493 g/mol. The molecule has 0 bridgehead atoms. The van der Waals surface area contributed by atoms with Crippen molar-refractivity contribution in [2.75, 3.05) is 0 Å². The number of hydrogen-bond acceptors (Lipinski definition) is 3. The van der Waals surface area contributed by atoms with Gasteiger partial charge >= 0.3 is 53.7 Å². The van der Waals surface area contributed by atoms with E-state index < -0.39 is 47.7 Å². The van der Waals surface area contributed by atoms with Crippen LogP contribution in [0.1, 0.15) is 6.92 Å². The Morgan fingerprint density at radius 2 is 0.968 bits per heavy atom. The summed E-state index contributed by atoms with van der Waals surface area (Å²) < 4.78 is 191. The average Bonchev–Trinajstić information content (AvgIpc) is 2.52.